The Morgan fingerprint density at radius 1 is 1.05 bits per heavy atom. The third-order valence-electron chi connectivity index (χ3n) is 7.18. The lowest BCUT2D eigenvalue weighted by molar-refractivity contribution is -0.634. The molecule has 1 aromatic heterocycles. The van der Waals surface area contributed by atoms with E-state index >= 15 is 0 Å². The summed E-state index contributed by atoms with van der Waals surface area (Å²) in [6.07, 6.45) is 4.69. The highest BCUT2D eigenvalue weighted by Gasteiger charge is 2.37. The second-order valence-corrected chi connectivity index (χ2v) is 10.9. The minimum absolute atomic E-state index is 0.783. The standard InChI is InChI=1S/C26H31N3O2.CHF3O3S/c1-28-22-9-5-4-8-19(22)25(27-12-15-29-13-6-7-14-29)20-11-10-18-16-23(30-2)24(31-3)17-21(18)26(20)28;2-1(3,4)8(5,6)7/h4-5,8-9,16-17H,6-7,10-15H2,1-3H3;(H,5,6,7). The number of nitrogens with one attached hydrogen (secondary N) is 1. The van der Waals surface area contributed by atoms with Crippen LogP contribution in [0.1, 0.15) is 24.0 Å². The molecular weight excluding hydrogens is 535 g/mol. The lowest BCUT2D eigenvalue weighted by Crippen LogP contribution is -2.36. The molecule has 1 saturated heterocycles. The molecule has 0 atom stereocenters. The molecule has 5 rings (SSSR count). The van der Waals surface area contributed by atoms with Crippen LogP contribution in [0, 0.1) is 0 Å². The topological polar surface area (TPSA) is 94.8 Å². The fourth-order valence-electron chi connectivity index (χ4n) is 5.32. The van der Waals surface area contributed by atoms with E-state index in [9.17, 15) is 13.2 Å². The maximum Gasteiger partial charge on any atom is 0.485 e. The van der Waals surface area contributed by atoms with E-state index in [0.29, 0.717) is 0 Å². The monoisotopic (exact) mass is 567 g/mol. The number of hydrogen-bond acceptors (Lipinski definition) is 7. The molecule has 0 amide bonds. The molecule has 1 fully saturated rings. The SMILES string of the molecule is COc1cc2c(cc1OC)-c1c(c(NCCN3CCCC3)c3ccccc3[n+]1C)CC2.O=S(=O)([O-])C(F)(F)F. The van der Waals surface area contributed by atoms with Crippen LogP contribution in [-0.4, -0.2) is 63.8 Å². The summed E-state index contributed by atoms with van der Waals surface area (Å²) in [6.45, 7) is 4.55. The van der Waals surface area contributed by atoms with Gasteiger partial charge in [0, 0.05) is 24.7 Å². The number of pyridine rings is 1. The zero-order chi connectivity index (χ0) is 28.4. The number of para-hydroxylation sites is 1. The second-order valence-electron chi connectivity index (χ2n) is 9.52. The van der Waals surface area contributed by atoms with E-state index in [1.165, 1.54) is 64.9 Å². The van der Waals surface area contributed by atoms with Crippen LogP contribution in [-0.2, 0) is 30.0 Å². The average molecular weight is 568 g/mol. The lowest BCUT2D eigenvalue weighted by atomic mass is 9.86. The Morgan fingerprint density at radius 3 is 2.28 bits per heavy atom. The van der Waals surface area contributed by atoms with Crippen LogP contribution < -0.4 is 19.4 Å². The zero-order valence-corrected chi connectivity index (χ0v) is 22.9. The molecule has 2 aromatic carbocycles. The first-order valence-electron chi connectivity index (χ1n) is 12.6. The largest absolute Gasteiger partial charge is 0.741 e. The van der Waals surface area contributed by atoms with Gasteiger partial charge in [-0.25, -0.2) is 8.42 Å². The Bertz CT molecular complexity index is 1460. The summed E-state index contributed by atoms with van der Waals surface area (Å²) in [5.41, 5.74) is 2.14. The molecule has 0 unspecified atom stereocenters. The highest BCUT2D eigenvalue weighted by Crippen LogP contribution is 2.42. The van der Waals surface area contributed by atoms with Crippen LogP contribution in [0.5, 0.6) is 11.5 Å². The summed E-state index contributed by atoms with van der Waals surface area (Å²) < 4.78 is 72.5. The van der Waals surface area contributed by atoms with Crippen molar-refractivity contribution in [1.82, 2.24) is 4.90 Å². The zero-order valence-electron chi connectivity index (χ0n) is 22.1. The summed E-state index contributed by atoms with van der Waals surface area (Å²) in [5.74, 6) is 1.59. The number of aryl methyl sites for hydroxylation is 2. The molecule has 0 spiro atoms. The quantitative estimate of drug-likeness (QED) is 0.273. The van der Waals surface area contributed by atoms with Crippen LogP contribution >= 0.6 is 0 Å². The molecule has 1 aliphatic carbocycles. The number of nitrogens with zero attached hydrogens (tertiary/aromatic N) is 2. The minimum Gasteiger partial charge on any atom is -0.741 e. The first kappa shape index (κ1) is 28.9. The summed E-state index contributed by atoms with van der Waals surface area (Å²) in [4.78, 5) is 2.57. The number of hydrogen-bond donors (Lipinski definition) is 1. The van der Waals surface area contributed by atoms with Gasteiger partial charge in [0.05, 0.1) is 30.9 Å². The molecule has 2 aliphatic rings. The van der Waals surface area contributed by atoms with Gasteiger partial charge in [-0.2, -0.15) is 17.7 Å². The third-order valence-corrected chi connectivity index (χ3v) is 7.75. The fraction of sp³-hybridized carbons (Fsp3) is 0.444. The summed E-state index contributed by atoms with van der Waals surface area (Å²) >= 11 is 0. The smallest absolute Gasteiger partial charge is 0.485 e. The number of anilines is 1. The molecule has 1 aliphatic heterocycles. The molecular formula is C27H32F3N3O5S. The van der Waals surface area contributed by atoms with Crippen molar-refractivity contribution in [3.63, 3.8) is 0 Å². The fourth-order valence-corrected chi connectivity index (χ4v) is 5.32. The van der Waals surface area contributed by atoms with Gasteiger partial charge in [-0.3, -0.25) is 0 Å². The Labute approximate surface area is 226 Å². The van der Waals surface area contributed by atoms with Crippen molar-refractivity contribution in [3.8, 4) is 22.8 Å². The van der Waals surface area contributed by atoms with Gasteiger partial charge in [0.15, 0.2) is 21.6 Å². The van der Waals surface area contributed by atoms with Gasteiger partial charge in [-0.1, -0.05) is 12.1 Å². The molecule has 0 bridgehead atoms. The van der Waals surface area contributed by atoms with Crippen molar-refractivity contribution < 1.29 is 40.2 Å². The molecule has 3 aromatic rings. The molecule has 2 heterocycles. The number of likely N-dealkylation sites (tertiary alicyclic amines) is 1. The first-order valence-corrected chi connectivity index (χ1v) is 14.0. The Balaban J connectivity index is 0.000000386. The van der Waals surface area contributed by atoms with E-state index in [2.05, 4.69) is 58.2 Å². The highest BCUT2D eigenvalue weighted by atomic mass is 32.2. The number of fused-ring (bicyclic) bond motifs is 4. The maximum absolute atomic E-state index is 10.7. The van der Waals surface area contributed by atoms with Gasteiger partial charge in [-0.15, -0.1) is 0 Å². The maximum atomic E-state index is 10.7. The van der Waals surface area contributed by atoms with E-state index in [1.54, 1.807) is 14.2 Å². The number of halogens is 3. The Hall–Kier alpha value is -3.09. The number of methoxy groups -OCH3 is 2. The number of rotatable bonds is 6. The third kappa shape index (κ3) is 6.07. The summed E-state index contributed by atoms with van der Waals surface area (Å²) in [5, 5.41) is 5.14. The van der Waals surface area contributed by atoms with E-state index in [-0.39, 0.29) is 0 Å². The molecule has 8 nitrogen and oxygen atoms in total. The normalized spacial score (nSPS) is 15.3. The van der Waals surface area contributed by atoms with Crippen LogP contribution in [0.3, 0.4) is 0 Å². The minimum atomic E-state index is -6.09. The van der Waals surface area contributed by atoms with Crippen molar-refractivity contribution in [2.45, 2.75) is 31.2 Å². The van der Waals surface area contributed by atoms with Crippen molar-refractivity contribution >= 4 is 26.7 Å². The number of benzene rings is 2. The number of ether oxygens (including phenoxy) is 2. The molecule has 212 valence electrons. The van der Waals surface area contributed by atoms with E-state index in [4.69, 9.17) is 22.4 Å². The van der Waals surface area contributed by atoms with Gasteiger partial charge in [0.25, 0.3) is 0 Å². The highest BCUT2D eigenvalue weighted by molar-refractivity contribution is 7.86. The van der Waals surface area contributed by atoms with Gasteiger partial charge in [-0.05, 0) is 62.5 Å². The van der Waals surface area contributed by atoms with Crippen LogP contribution in [0.15, 0.2) is 36.4 Å². The molecule has 0 radical (unpaired) electrons. The van der Waals surface area contributed by atoms with Gasteiger partial charge in [0.1, 0.15) is 7.05 Å². The van der Waals surface area contributed by atoms with E-state index in [1.807, 2.05) is 0 Å². The molecule has 1 N–H and O–H groups in total. The number of aromatic nitrogens is 1. The van der Waals surface area contributed by atoms with Crippen LogP contribution in [0.2, 0.25) is 0 Å². The summed E-state index contributed by atoms with van der Waals surface area (Å²) in [6, 6.07) is 13.0. The second kappa shape index (κ2) is 11.6. The molecule has 0 saturated carbocycles. The van der Waals surface area contributed by atoms with Gasteiger partial charge in [0.2, 0.25) is 11.2 Å². The average Bonchev–Trinajstić information content (AvgIpc) is 3.42. The van der Waals surface area contributed by atoms with Crippen molar-refractivity contribution in [1.29, 1.82) is 0 Å². The Morgan fingerprint density at radius 2 is 1.67 bits per heavy atom. The first-order chi connectivity index (χ1) is 18.5. The van der Waals surface area contributed by atoms with E-state index < -0.39 is 15.6 Å². The van der Waals surface area contributed by atoms with Crippen LogP contribution in [0.4, 0.5) is 18.9 Å². The number of alkyl halides is 3. The summed E-state index contributed by atoms with van der Waals surface area (Å²) in [7, 11) is -0.495. The predicted molar refractivity (Wildman–Crippen MR) is 141 cm³/mol. The van der Waals surface area contributed by atoms with Crippen molar-refractivity contribution in [2.75, 3.05) is 45.7 Å². The van der Waals surface area contributed by atoms with Gasteiger partial charge >= 0.3 is 5.51 Å². The predicted octanol–water partition coefficient (Wildman–Crippen LogP) is 4.01. The molecule has 12 heteroatoms. The lowest BCUT2D eigenvalue weighted by Gasteiger charge is -2.24. The van der Waals surface area contributed by atoms with Crippen molar-refractivity contribution in [2.24, 2.45) is 7.05 Å². The van der Waals surface area contributed by atoms with Crippen LogP contribution in [0.25, 0.3) is 22.2 Å². The van der Waals surface area contributed by atoms with Crippen molar-refractivity contribution in [3.05, 3.63) is 47.5 Å². The van der Waals surface area contributed by atoms with Gasteiger partial charge < -0.3 is 24.2 Å². The Kier molecular flexibility index (Phi) is 8.57. The van der Waals surface area contributed by atoms with E-state index in [0.717, 1.165) is 37.4 Å². The molecule has 39 heavy (non-hydrogen) atoms.